The fourth-order valence-corrected chi connectivity index (χ4v) is 4.42. The highest BCUT2D eigenvalue weighted by Crippen LogP contribution is 2.44. The number of nitrogens with one attached hydrogen (secondary N) is 2. The quantitative estimate of drug-likeness (QED) is 0.915. The number of aryl methyl sites for hydroxylation is 1. The lowest BCUT2D eigenvalue weighted by atomic mass is 9.67. The Morgan fingerprint density at radius 1 is 1.39 bits per heavy atom. The molecule has 2 atom stereocenters. The van der Waals surface area contributed by atoms with Crippen molar-refractivity contribution in [3.63, 3.8) is 0 Å². The first-order valence-electron chi connectivity index (χ1n) is 8.67. The van der Waals surface area contributed by atoms with Gasteiger partial charge in [-0.05, 0) is 38.3 Å². The van der Waals surface area contributed by atoms with Gasteiger partial charge >= 0.3 is 0 Å². The van der Waals surface area contributed by atoms with E-state index in [1.165, 1.54) is 12.8 Å². The summed E-state index contributed by atoms with van der Waals surface area (Å²) in [6.45, 7) is 4.35. The number of para-hydroxylation sites is 1. The largest absolute Gasteiger partial charge is 0.459 e. The molecular formula is C19H24N2O2. The number of hydrogen-bond acceptors (Lipinski definition) is 3. The predicted molar refractivity (Wildman–Crippen MR) is 90.1 cm³/mol. The van der Waals surface area contributed by atoms with E-state index in [4.69, 9.17) is 4.42 Å². The van der Waals surface area contributed by atoms with Crippen molar-refractivity contribution in [3.8, 4) is 0 Å². The average Bonchev–Trinajstić information content (AvgIpc) is 3.15. The highest BCUT2D eigenvalue weighted by Gasteiger charge is 2.49. The highest BCUT2D eigenvalue weighted by molar-refractivity contribution is 5.85. The SMILES string of the molecule is Cc1c(CNC(=O)[C@@]23CCCC[C@H]2CNC3)oc2ccccc12. The van der Waals surface area contributed by atoms with E-state index in [2.05, 4.69) is 23.6 Å². The molecule has 2 N–H and O–H groups in total. The van der Waals surface area contributed by atoms with Crippen molar-refractivity contribution in [3.05, 3.63) is 35.6 Å². The van der Waals surface area contributed by atoms with E-state index < -0.39 is 0 Å². The van der Waals surface area contributed by atoms with Gasteiger partial charge < -0.3 is 15.1 Å². The van der Waals surface area contributed by atoms with Crippen molar-refractivity contribution < 1.29 is 9.21 Å². The maximum atomic E-state index is 12.9. The fraction of sp³-hybridized carbons (Fsp3) is 0.526. The molecule has 4 heteroatoms. The van der Waals surface area contributed by atoms with Crippen LogP contribution in [0.15, 0.2) is 28.7 Å². The zero-order chi connectivity index (χ0) is 15.9. The second-order valence-electron chi connectivity index (χ2n) is 7.06. The van der Waals surface area contributed by atoms with E-state index in [0.29, 0.717) is 12.5 Å². The third kappa shape index (κ3) is 2.36. The summed E-state index contributed by atoms with van der Waals surface area (Å²) in [5.41, 5.74) is 1.83. The van der Waals surface area contributed by atoms with Gasteiger partial charge in [-0.2, -0.15) is 0 Å². The van der Waals surface area contributed by atoms with E-state index in [-0.39, 0.29) is 11.3 Å². The molecule has 4 rings (SSSR count). The summed E-state index contributed by atoms with van der Waals surface area (Å²) < 4.78 is 5.92. The van der Waals surface area contributed by atoms with Crippen LogP contribution in [0.4, 0.5) is 0 Å². The molecule has 2 aliphatic rings. The topological polar surface area (TPSA) is 54.3 Å². The Bertz CT molecular complexity index is 736. The van der Waals surface area contributed by atoms with Crippen LogP contribution in [-0.4, -0.2) is 19.0 Å². The number of carbonyl (C=O) groups is 1. The van der Waals surface area contributed by atoms with E-state index in [0.717, 1.165) is 48.2 Å². The predicted octanol–water partition coefficient (Wildman–Crippen LogP) is 3.14. The van der Waals surface area contributed by atoms with Gasteiger partial charge in [-0.3, -0.25) is 4.79 Å². The fourth-order valence-electron chi connectivity index (χ4n) is 4.42. The number of benzene rings is 1. The van der Waals surface area contributed by atoms with Crippen LogP contribution in [0, 0.1) is 18.3 Å². The minimum atomic E-state index is -0.196. The lowest BCUT2D eigenvalue weighted by Crippen LogP contribution is -2.47. The Kier molecular flexibility index (Phi) is 3.64. The lowest BCUT2D eigenvalue weighted by Gasteiger charge is -2.37. The number of amides is 1. The summed E-state index contributed by atoms with van der Waals surface area (Å²) in [6.07, 6.45) is 4.60. The van der Waals surface area contributed by atoms with Crippen molar-refractivity contribution >= 4 is 16.9 Å². The molecule has 1 aromatic carbocycles. The first-order valence-corrected chi connectivity index (χ1v) is 8.67. The summed E-state index contributed by atoms with van der Waals surface area (Å²) in [7, 11) is 0. The molecule has 122 valence electrons. The molecule has 4 nitrogen and oxygen atoms in total. The summed E-state index contributed by atoms with van der Waals surface area (Å²) in [6, 6.07) is 8.03. The summed E-state index contributed by atoms with van der Waals surface area (Å²) >= 11 is 0. The van der Waals surface area contributed by atoms with Gasteiger partial charge in [-0.25, -0.2) is 0 Å². The van der Waals surface area contributed by atoms with Crippen LogP contribution >= 0.6 is 0 Å². The van der Waals surface area contributed by atoms with Gasteiger partial charge in [0, 0.05) is 17.5 Å². The molecule has 2 aromatic rings. The maximum absolute atomic E-state index is 12.9. The van der Waals surface area contributed by atoms with Crippen molar-refractivity contribution in [1.82, 2.24) is 10.6 Å². The normalized spacial score (nSPS) is 27.1. The number of carbonyl (C=O) groups excluding carboxylic acids is 1. The van der Waals surface area contributed by atoms with Crippen LogP contribution in [-0.2, 0) is 11.3 Å². The minimum absolute atomic E-state index is 0.196. The molecule has 1 saturated heterocycles. The highest BCUT2D eigenvalue weighted by atomic mass is 16.3. The van der Waals surface area contributed by atoms with E-state index in [1.807, 2.05) is 18.2 Å². The van der Waals surface area contributed by atoms with Crippen LogP contribution in [0.2, 0.25) is 0 Å². The maximum Gasteiger partial charge on any atom is 0.228 e. The Labute approximate surface area is 136 Å². The smallest absolute Gasteiger partial charge is 0.228 e. The van der Waals surface area contributed by atoms with Crippen LogP contribution in [0.25, 0.3) is 11.0 Å². The molecule has 1 aromatic heterocycles. The Hall–Kier alpha value is -1.81. The van der Waals surface area contributed by atoms with Gasteiger partial charge in [-0.15, -0.1) is 0 Å². The third-order valence-electron chi connectivity index (χ3n) is 5.84. The van der Waals surface area contributed by atoms with Gasteiger partial charge in [0.25, 0.3) is 0 Å². The van der Waals surface area contributed by atoms with E-state index >= 15 is 0 Å². The van der Waals surface area contributed by atoms with Crippen LogP contribution in [0.5, 0.6) is 0 Å². The minimum Gasteiger partial charge on any atom is -0.459 e. The van der Waals surface area contributed by atoms with Gasteiger partial charge in [0.05, 0.1) is 12.0 Å². The number of fused-ring (bicyclic) bond motifs is 2. The standard InChI is InChI=1S/C19H24N2O2/c1-13-15-7-2-3-8-16(15)23-17(13)11-21-18(22)19-9-5-4-6-14(19)10-20-12-19/h2-3,7-8,14,20H,4-6,9-12H2,1H3,(H,21,22)/t14-,19+/m0/s1. The van der Waals surface area contributed by atoms with Gasteiger partial charge in [0.1, 0.15) is 11.3 Å². The first kappa shape index (κ1) is 14.8. The second-order valence-corrected chi connectivity index (χ2v) is 7.06. The summed E-state index contributed by atoms with van der Waals surface area (Å²) in [5, 5.41) is 7.73. The average molecular weight is 312 g/mol. The second kappa shape index (κ2) is 5.68. The van der Waals surface area contributed by atoms with E-state index in [1.54, 1.807) is 0 Å². The zero-order valence-corrected chi connectivity index (χ0v) is 13.7. The number of rotatable bonds is 3. The van der Waals surface area contributed by atoms with Crippen LogP contribution in [0.3, 0.4) is 0 Å². The van der Waals surface area contributed by atoms with Gasteiger partial charge in [0.15, 0.2) is 0 Å². The molecule has 2 heterocycles. The van der Waals surface area contributed by atoms with Gasteiger partial charge in [0.2, 0.25) is 5.91 Å². The molecule has 0 bridgehead atoms. The monoisotopic (exact) mass is 312 g/mol. The van der Waals surface area contributed by atoms with Crippen LogP contribution in [0.1, 0.15) is 37.0 Å². The zero-order valence-electron chi connectivity index (χ0n) is 13.7. The van der Waals surface area contributed by atoms with Crippen LogP contribution < -0.4 is 10.6 Å². The molecular weight excluding hydrogens is 288 g/mol. The molecule has 0 spiro atoms. The Balaban J connectivity index is 1.51. The molecule has 0 radical (unpaired) electrons. The molecule has 1 amide bonds. The first-order chi connectivity index (χ1) is 11.2. The summed E-state index contributed by atoms with van der Waals surface area (Å²) in [4.78, 5) is 12.9. The Morgan fingerprint density at radius 2 is 2.26 bits per heavy atom. The summed E-state index contributed by atoms with van der Waals surface area (Å²) in [5.74, 6) is 1.56. The van der Waals surface area contributed by atoms with Gasteiger partial charge in [-0.1, -0.05) is 31.0 Å². The molecule has 1 saturated carbocycles. The molecule has 2 fully saturated rings. The third-order valence-corrected chi connectivity index (χ3v) is 5.84. The molecule has 23 heavy (non-hydrogen) atoms. The van der Waals surface area contributed by atoms with Crippen molar-refractivity contribution in [1.29, 1.82) is 0 Å². The number of furan rings is 1. The van der Waals surface area contributed by atoms with Crippen molar-refractivity contribution in [2.24, 2.45) is 11.3 Å². The number of hydrogen-bond donors (Lipinski definition) is 2. The lowest BCUT2D eigenvalue weighted by molar-refractivity contribution is -0.134. The molecule has 0 unspecified atom stereocenters. The molecule has 1 aliphatic carbocycles. The Morgan fingerprint density at radius 3 is 3.13 bits per heavy atom. The van der Waals surface area contributed by atoms with Crippen molar-refractivity contribution in [2.75, 3.05) is 13.1 Å². The molecule has 1 aliphatic heterocycles. The van der Waals surface area contributed by atoms with Crippen molar-refractivity contribution in [2.45, 2.75) is 39.2 Å². The van der Waals surface area contributed by atoms with E-state index in [9.17, 15) is 4.79 Å².